The van der Waals surface area contributed by atoms with Crippen molar-refractivity contribution in [2.24, 2.45) is 0 Å². The number of amides is 1. The van der Waals surface area contributed by atoms with Gasteiger partial charge in [0.1, 0.15) is 0 Å². The first kappa shape index (κ1) is 14.3. The maximum absolute atomic E-state index is 11.9. The largest absolute Gasteiger partial charge is 0.375 e. The predicted molar refractivity (Wildman–Crippen MR) is 74.4 cm³/mol. The van der Waals surface area contributed by atoms with Gasteiger partial charge < -0.3 is 11.1 Å². The first-order chi connectivity index (χ1) is 8.02. The Labute approximate surface area is 110 Å². The van der Waals surface area contributed by atoms with Crippen molar-refractivity contribution in [3.05, 3.63) is 6.20 Å². The van der Waals surface area contributed by atoms with Crippen LogP contribution >= 0.6 is 23.1 Å². The topological polar surface area (TPSA) is 68.0 Å². The van der Waals surface area contributed by atoms with Crippen molar-refractivity contribution < 1.29 is 4.79 Å². The van der Waals surface area contributed by atoms with Crippen LogP contribution in [0.5, 0.6) is 0 Å². The highest BCUT2D eigenvalue weighted by molar-refractivity contribution is 8.02. The summed E-state index contributed by atoms with van der Waals surface area (Å²) in [6.45, 7) is 6.04. The number of hydrogen-bond donors (Lipinski definition) is 2. The van der Waals surface area contributed by atoms with Gasteiger partial charge in [0.2, 0.25) is 5.91 Å². The van der Waals surface area contributed by atoms with Gasteiger partial charge in [-0.2, -0.15) is 0 Å². The van der Waals surface area contributed by atoms with Gasteiger partial charge in [-0.25, -0.2) is 4.98 Å². The van der Waals surface area contributed by atoms with Gasteiger partial charge in [0.05, 0.1) is 15.7 Å². The first-order valence-electron chi connectivity index (χ1n) is 5.71. The molecule has 0 spiro atoms. The number of carbonyl (C=O) groups excluding carboxylic acids is 1. The molecule has 0 aliphatic carbocycles. The van der Waals surface area contributed by atoms with Gasteiger partial charge in [-0.15, -0.1) is 11.8 Å². The second-order valence-corrected chi connectivity index (χ2v) is 6.68. The van der Waals surface area contributed by atoms with Gasteiger partial charge in [0.15, 0.2) is 5.13 Å². The van der Waals surface area contributed by atoms with Crippen molar-refractivity contribution in [3.8, 4) is 0 Å². The maximum atomic E-state index is 11.9. The molecule has 0 aromatic carbocycles. The van der Waals surface area contributed by atoms with Crippen molar-refractivity contribution >= 4 is 34.1 Å². The van der Waals surface area contributed by atoms with E-state index >= 15 is 0 Å². The van der Waals surface area contributed by atoms with E-state index in [2.05, 4.69) is 17.2 Å². The van der Waals surface area contributed by atoms with E-state index in [9.17, 15) is 4.79 Å². The predicted octanol–water partition coefficient (Wildman–Crippen LogP) is 2.51. The smallest absolute Gasteiger partial charge is 0.233 e. The summed E-state index contributed by atoms with van der Waals surface area (Å²) in [5.74, 6) is 0.0721. The average molecular weight is 273 g/mol. The van der Waals surface area contributed by atoms with Crippen LogP contribution < -0.4 is 11.1 Å². The normalized spacial score (nSPS) is 14.3. The molecule has 17 heavy (non-hydrogen) atoms. The zero-order chi connectivity index (χ0) is 12.8. The van der Waals surface area contributed by atoms with Crippen LogP contribution in [-0.4, -0.2) is 22.2 Å². The van der Waals surface area contributed by atoms with Gasteiger partial charge in [0, 0.05) is 6.04 Å². The molecule has 1 amide bonds. The quantitative estimate of drug-likeness (QED) is 0.781. The van der Waals surface area contributed by atoms with Gasteiger partial charge in [-0.05, 0) is 20.3 Å². The van der Waals surface area contributed by atoms with E-state index in [4.69, 9.17) is 5.73 Å². The number of rotatable bonds is 6. The van der Waals surface area contributed by atoms with Crippen LogP contribution in [0.15, 0.2) is 10.4 Å². The fourth-order valence-corrected chi connectivity index (χ4v) is 3.36. The third-order valence-electron chi connectivity index (χ3n) is 2.27. The number of hydrogen-bond acceptors (Lipinski definition) is 5. The Hall–Kier alpha value is -0.750. The molecule has 0 fully saturated rings. The minimum Gasteiger partial charge on any atom is -0.375 e. The molecule has 4 nitrogen and oxygen atoms in total. The van der Waals surface area contributed by atoms with E-state index in [1.807, 2.05) is 13.8 Å². The van der Waals surface area contributed by atoms with Crippen LogP contribution in [0.4, 0.5) is 5.13 Å². The van der Waals surface area contributed by atoms with Crippen LogP contribution in [0.2, 0.25) is 0 Å². The van der Waals surface area contributed by atoms with E-state index < -0.39 is 0 Å². The Morgan fingerprint density at radius 3 is 2.88 bits per heavy atom. The molecule has 0 bridgehead atoms. The van der Waals surface area contributed by atoms with Gasteiger partial charge in [-0.1, -0.05) is 24.7 Å². The molecule has 96 valence electrons. The fraction of sp³-hybridized carbons (Fsp3) is 0.636. The number of carbonyl (C=O) groups is 1. The second-order valence-electron chi connectivity index (χ2n) is 3.98. The highest BCUT2D eigenvalue weighted by atomic mass is 32.2. The lowest BCUT2D eigenvalue weighted by molar-refractivity contribution is -0.120. The summed E-state index contributed by atoms with van der Waals surface area (Å²) in [6, 6.07) is 0.238. The van der Waals surface area contributed by atoms with Crippen molar-refractivity contribution in [1.82, 2.24) is 10.3 Å². The lowest BCUT2D eigenvalue weighted by atomic mass is 10.2. The van der Waals surface area contributed by atoms with Gasteiger partial charge in [-0.3, -0.25) is 4.79 Å². The Morgan fingerprint density at radius 2 is 2.35 bits per heavy atom. The summed E-state index contributed by atoms with van der Waals surface area (Å²) in [7, 11) is 0. The number of aromatic nitrogens is 1. The van der Waals surface area contributed by atoms with Crippen LogP contribution in [0, 0.1) is 0 Å². The molecule has 1 rings (SSSR count). The van der Waals surface area contributed by atoms with Crippen molar-refractivity contribution in [3.63, 3.8) is 0 Å². The number of nitrogen functional groups attached to an aromatic ring is 1. The summed E-state index contributed by atoms with van der Waals surface area (Å²) in [6.07, 6.45) is 3.80. The van der Waals surface area contributed by atoms with E-state index in [1.54, 1.807) is 6.20 Å². The summed E-state index contributed by atoms with van der Waals surface area (Å²) >= 11 is 2.91. The molecule has 3 N–H and O–H groups in total. The highest BCUT2D eigenvalue weighted by Gasteiger charge is 2.17. The maximum Gasteiger partial charge on any atom is 0.233 e. The summed E-state index contributed by atoms with van der Waals surface area (Å²) in [5, 5.41) is 3.43. The van der Waals surface area contributed by atoms with E-state index in [0.29, 0.717) is 5.13 Å². The lowest BCUT2D eigenvalue weighted by Gasteiger charge is -2.16. The van der Waals surface area contributed by atoms with Crippen LogP contribution in [0.1, 0.15) is 33.6 Å². The Kier molecular flexibility index (Phi) is 5.77. The minimum atomic E-state index is -0.117. The van der Waals surface area contributed by atoms with Crippen LogP contribution in [0.3, 0.4) is 0 Å². The molecule has 0 radical (unpaired) electrons. The van der Waals surface area contributed by atoms with E-state index in [0.717, 1.165) is 17.1 Å². The third-order valence-corrected chi connectivity index (χ3v) is 4.34. The number of thioether (sulfide) groups is 1. The van der Waals surface area contributed by atoms with Crippen LogP contribution in [-0.2, 0) is 4.79 Å². The number of nitrogens with two attached hydrogens (primary N) is 1. The lowest BCUT2D eigenvalue weighted by Crippen LogP contribution is -2.37. The van der Waals surface area contributed by atoms with Gasteiger partial charge >= 0.3 is 0 Å². The zero-order valence-corrected chi connectivity index (χ0v) is 12.0. The monoisotopic (exact) mass is 273 g/mol. The Balaban J connectivity index is 2.41. The molecule has 0 aliphatic heterocycles. The molecular formula is C11H19N3OS2. The SMILES string of the molecule is CCCC(C)NC(=O)C(C)Sc1cnc(N)s1. The molecule has 0 aliphatic rings. The molecule has 6 heteroatoms. The Morgan fingerprint density at radius 1 is 1.65 bits per heavy atom. The van der Waals surface area contributed by atoms with Crippen molar-refractivity contribution in [2.45, 2.75) is 49.1 Å². The molecule has 0 saturated heterocycles. The molecular weight excluding hydrogens is 254 g/mol. The van der Waals surface area contributed by atoms with Crippen molar-refractivity contribution in [2.75, 3.05) is 5.73 Å². The Bertz CT molecular complexity index is 367. The molecule has 1 heterocycles. The average Bonchev–Trinajstić information content (AvgIpc) is 2.64. The number of nitrogens with one attached hydrogen (secondary N) is 1. The zero-order valence-electron chi connectivity index (χ0n) is 10.4. The molecule has 2 atom stereocenters. The molecule has 1 aromatic heterocycles. The highest BCUT2D eigenvalue weighted by Crippen LogP contribution is 2.29. The molecule has 1 aromatic rings. The van der Waals surface area contributed by atoms with Crippen molar-refractivity contribution in [1.29, 1.82) is 0 Å². The number of nitrogens with zero attached hydrogens (tertiary/aromatic N) is 1. The second kappa shape index (κ2) is 6.86. The van der Waals surface area contributed by atoms with E-state index in [-0.39, 0.29) is 17.2 Å². The molecule has 2 unspecified atom stereocenters. The summed E-state index contributed by atoms with van der Waals surface area (Å²) in [5.41, 5.74) is 5.54. The fourth-order valence-electron chi connectivity index (χ4n) is 1.42. The number of anilines is 1. The summed E-state index contributed by atoms with van der Waals surface area (Å²) < 4.78 is 0.980. The summed E-state index contributed by atoms with van der Waals surface area (Å²) in [4.78, 5) is 15.8. The molecule has 0 saturated carbocycles. The van der Waals surface area contributed by atoms with Gasteiger partial charge in [0.25, 0.3) is 0 Å². The van der Waals surface area contributed by atoms with E-state index in [1.165, 1.54) is 23.1 Å². The minimum absolute atomic E-state index is 0.0721. The van der Waals surface area contributed by atoms with Crippen LogP contribution in [0.25, 0.3) is 0 Å². The first-order valence-corrected chi connectivity index (χ1v) is 7.40. The number of thiazole rings is 1. The third kappa shape index (κ3) is 4.95. The standard InChI is InChI=1S/C11H19N3OS2/c1-4-5-7(2)14-10(15)8(3)16-9-6-13-11(12)17-9/h6-8H,4-5H2,1-3H3,(H2,12,13)(H,14,15).